The average Bonchev–Trinajstić information content (AvgIpc) is 3.08. The molecular formula is C18H23FN2O. The Morgan fingerprint density at radius 1 is 1.05 bits per heavy atom. The standard InChI is InChI=1S/C18H23FN2O/c19-15-5-3-13(4-6-15)11-18(22)21-10-8-16-17(21)7-9-20(16)12-14-1-2-14/h3-6,14,16-17H,1-2,7-12H2/t16-,17+/m1/s1. The molecule has 1 amide bonds. The first-order chi connectivity index (χ1) is 10.7. The van der Waals surface area contributed by atoms with Gasteiger partial charge in [0.1, 0.15) is 5.82 Å². The Labute approximate surface area is 131 Å². The van der Waals surface area contributed by atoms with E-state index in [9.17, 15) is 9.18 Å². The summed E-state index contributed by atoms with van der Waals surface area (Å²) in [6.45, 7) is 3.27. The Kier molecular flexibility index (Phi) is 3.65. The van der Waals surface area contributed by atoms with E-state index >= 15 is 0 Å². The summed E-state index contributed by atoms with van der Waals surface area (Å²) in [6.07, 6.45) is 5.41. The van der Waals surface area contributed by atoms with Crippen molar-refractivity contribution < 1.29 is 9.18 Å². The van der Waals surface area contributed by atoms with Crippen molar-refractivity contribution in [3.05, 3.63) is 35.6 Å². The molecule has 0 unspecified atom stereocenters. The van der Waals surface area contributed by atoms with Gasteiger partial charge in [0.25, 0.3) is 0 Å². The SMILES string of the molecule is O=C(Cc1ccc(F)cc1)N1CC[C@@H]2[C@@H]1CCN2CC1CC1. The number of fused-ring (bicyclic) bond motifs is 1. The van der Waals surface area contributed by atoms with Crippen molar-refractivity contribution in [2.24, 2.45) is 5.92 Å². The molecule has 3 fully saturated rings. The molecule has 3 aliphatic rings. The van der Waals surface area contributed by atoms with E-state index in [1.807, 2.05) is 0 Å². The molecule has 3 nitrogen and oxygen atoms in total. The summed E-state index contributed by atoms with van der Waals surface area (Å²) in [5.41, 5.74) is 0.905. The van der Waals surface area contributed by atoms with Crippen LogP contribution in [0.4, 0.5) is 4.39 Å². The van der Waals surface area contributed by atoms with Crippen LogP contribution in [0.5, 0.6) is 0 Å². The normalized spacial score (nSPS) is 28.1. The molecule has 2 saturated heterocycles. The van der Waals surface area contributed by atoms with Crippen molar-refractivity contribution >= 4 is 5.91 Å². The zero-order valence-electron chi connectivity index (χ0n) is 12.9. The minimum absolute atomic E-state index is 0.201. The van der Waals surface area contributed by atoms with Gasteiger partial charge in [0.2, 0.25) is 5.91 Å². The van der Waals surface area contributed by atoms with Crippen molar-refractivity contribution in [2.75, 3.05) is 19.6 Å². The molecule has 0 aromatic heterocycles. The lowest BCUT2D eigenvalue weighted by molar-refractivity contribution is -0.131. The fourth-order valence-electron chi connectivity index (χ4n) is 4.12. The van der Waals surface area contributed by atoms with Gasteiger partial charge in [0.05, 0.1) is 6.42 Å². The van der Waals surface area contributed by atoms with E-state index in [1.165, 1.54) is 31.5 Å². The van der Waals surface area contributed by atoms with E-state index in [4.69, 9.17) is 0 Å². The Bertz CT molecular complexity index is 555. The van der Waals surface area contributed by atoms with Crippen molar-refractivity contribution in [2.45, 2.75) is 44.2 Å². The molecule has 0 radical (unpaired) electrons. The number of hydrogen-bond acceptors (Lipinski definition) is 2. The number of carbonyl (C=O) groups excluding carboxylic acids is 1. The Morgan fingerprint density at radius 3 is 2.50 bits per heavy atom. The molecule has 4 rings (SSSR count). The summed E-state index contributed by atoms with van der Waals surface area (Å²) >= 11 is 0. The number of benzene rings is 1. The molecule has 1 aliphatic carbocycles. The highest BCUT2D eigenvalue weighted by molar-refractivity contribution is 5.79. The maximum absolute atomic E-state index is 13.0. The van der Waals surface area contributed by atoms with Gasteiger partial charge in [-0.25, -0.2) is 4.39 Å². The van der Waals surface area contributed by atoms with E-state index < -0.39 is 0 Å². The van der Waals surface area contributed by atoms with E-state index in [2.05, 4.69) is 9.80 Å². The maximum Gasteiger partial charge on any atom is 0.227 e. The van der Waals surface area contributed by atoms with Crippen molar-refractivity contribution in [3.63, 3.8) is 0 Å². The third kappa shape index (κ3) is 2.76. The summed E-state index contributed by atoms with van der Waals surface area (Å²) in [6, 6.07) is 7.29. The molecule has 22 heavy (non-hydrogen) atoms. The maximum atomic E-state index is 13.0. The third-order valence-corrected chi connectivity index (χ3v) is 5.47. The van der Waals surface area contributed by atoms with Crippen molar-refractivity contribution in [1.82, 2.24) is 9.80 Å². The molecule has 1 aromatic rings. The minimum Gasteiger partial charge on any atom is -0.338 e. The number of rotatable bonds is 4. The van der Waals surface area contributed by atoms with E-state index in [-0.39, 0.29) is 11.7 Å². The summed E-state index contributed by atoms with van der Waals surface area (Å²) in [4.78, 5) is 17.3. The lowest BCUT2D eigenvalue weighted by Gasteiger charge is -2.25. The van der Waals surface area contributed by atoms with E-state index in [1.54, 1.807) is 12.1 Å². The number of likely N-dealkylation sites (tertiary alicyclic amines) is 2. The first kappa shape index (κ1) is 14.2. The summed E-state index contributed by atoms with van der Waals surface area (Å²) in [7, 11) is 0. The molecule has 1 aromatic carbocycles. The lowest BCUT2D eigenvalue weighted by Crippen LogP contribution is -2.40. The minimum atomic E-state index is -0.246. The van der Waals surface area contributed by atoms with Gasteiger partial charge < -0.3 is 4.90 Å². The Hall–Kier alpha value is -1.42. The van der Waals surface area contributed by atoms with Crippen LogP contribution in [0.1, 0.15) is 31.2 Å². The Balaban J connectivity index is 1.38. The topological polar surface area (TPSA) is 23.6 Å². The number of halogens is 1. The second-order valence-corrected chi connectivity index (χ2v) is 7.04. The second-order valence-electron chi connectivity index (χ2n) is 7.04. The monoisotopic (exact) mass is 302 g/mol. The fourth-order valence-corrected chi connectivity index (χ4v) is 4.12. The zero-order chi connectivity index (χ0) is 15.1. The second kappa shape index (κ2) is 5.65. The highest BCUT2D eigenvalue weighted by Gasteiger charge is 2.45. The molecule has 2 aliphatic heterocycles. The molecule has 118 valence electrons. The molecule has 0 bridgehead atoms. The first-order valence-corrected chi connectivity index (χ1v) is 8.48. The molecule has 2 atom stereocenters. The van der Waals surface area contributed by atoms with E-state index in [0.29, 0.717) is 18.5 Å². The fraction of sp³-hybridized carbons (Fsp3) is 0.611. The van der Waals surface area contributed by atoms with Gasteiger partial charge in [-0.15, -0.1) is 0 Å². The molecule has 0 N–H and O–H groups in total. The van der Waals surface area contributed by atoms with Crippen LogP contribution in [0.3, 0.4) is 0 Å². The summed E-state index contributed by atoms with van der Waals surface area (Å²) < 4.78 is 13.0. The van der Waals surface area contributed by atoms with Crippen LogP contribution in [-0.4, -0.2) is 47.4 Å². The van der Waals surface area contributed by atoms with E-state index in [0.717, 1.165) is 37.4 Å². The number of amides is 1. The van der Waals surface area contributed by atoms with Crippen LogP contribution in [0.2, 0.25) is 0 Å². The lowest BCUT2D eigenvalue weighted by atomic mass is 10.1. The van der Waals surface area contributed by atoms with Crippen LogP contribution >= 0.6 is 0 Å². The number of nitrogens with zero attached hydrogens (tertiary/aromatic N) is 2. The van der Waals surface area contributed by atoms with Crippen LogP contribution in [-0.2, 0) is 11.2 Å². The van der Waals surface area contributed by atoms with Gasteiger partial charge in [0.15, 0.2) is 0 Å². The molecular weight excluding hydrogens is 279 g/mol. The Morgan fingerprint density at radius 2 is 1.77 bits per heavy atom. The van der Waals surface area contributed by atoms with Gasteiger partial charge in [0, 0.05) is 31.7 Å². The van der Waals surface area contributed by atoms with Crippen molar-refractivity contribution in [1.29, 1.82) is 0 Å². The van der Waals surface area contributed by atoms with Gasteiger partial charge in [-0.2, -0.15) is 0 Å². The highest BCUT2D eigenvalue weighted by Crippen LogP contribution is 2.36. The summed E-state index contributed by atoms with van der Waals surface area (Å²) in [5, 5.41) is 0. The van der Waals surface area contributed by atoms with Gasteiger partial charge in [-0.1, -0.05) is 12.1 Å². The van der Waals surface area contributed by atoms with Crippen molar-refractivity contribution in [3.8, 4) is 0 Å². The molecule has 1 saturated carbocycles. The van der Waals surface area contributed by atoms with Gasteiger partial charge in [-0.3, -0.25) is 9.69 Å². The number of carbonyl (C=O) groups is 1. The number of hydrogen-bond donors (Lipinski definition) is 0. The van der Waals surface area contributed by atoms with Gasteiger partial charge >= 0.3 is 0 Å². The predicted octanol–water partition coefficient (Wildman–Crippen LogP) is 2.45. The van der Waals surface area contributed by atoms with Gasteiger partial charge in [-0.05, 0) is 49.3 Å². The third-order valence-electron chi connectivity index (χ3n) is 5.47. The molecule has 2 heterocycles. The van der Waals surface area contributed by atoms with Crippen LogP contribution in [0.25, 0.3) is 0 Å². The largest absolute Gasteiger partial charge is 0.338 e. The molecule has 4 heteroatoms. The first-order valence-electron chi connectivity index (χ1n) is 8.48. The summed E-state index contributed by atoms with van der Waals surface area (Å²) in [5.74, 6) is 0.874. The smallest absolute Gasteiger partial charge is 0.227 e. The zero-order valence-corrected chi connectivity index (χ0v) is 12.9. The van der Waals surface area contributed by atoms with Crippen LogP contribution in [0, 0.1) is 11.7 Å². The van der Waals surface area contributed by atoms with Crippen LogP contribution < -0.4 is 0 Å². The average molecular weight is 302 g/mol. The van der Waals surface area contributed by atoms with Crippen LogP contribution in [0.15, 0.2) is 24.3 Å². The highest BCUT2D eigenvalue weighted by atomic mass is 19.1. The quantitative estimate of drug-likeness (QED) is 0.853. The molecule has 0 spiro atoms. The predicted molar refractivity (Wildman–Crippen MR) is 82.9 cm³/mol.